The first-order valence-corrected chi connectivity index (χ1v) is 13.2. The van der Waals surface area contributed by atoms with Crippen molar-refractivity contribution in [3.05, 3.63) is 65.0 Å². The van der Waals surface area contributed by atoms with E-state index in [-0.39, 0.29) is 22.8 Å². The van der Waals surface area contributed by atoms with E-state index in [0.29, 0.717) is 5.92 Å². The van der Waals surface area contributed by atoms with Crippen LogP contribution in [0, 0.1) is 11.6 Å². The highest BCUT2D eigenvalue weighted by Gasteiger charge is 2.29. The largest absolute Gasteiger partial charge is 0.324 e. The van der Waals surface area contributed by atoms with Crippen LogP contribution in [0.4, 0.5) is 26.2 Å². The molecule has 0 bridgehead atoms. The number of nitrogens with one attached hydrogen (secondary N) is 1. The third kappa shape index (κ3) is 4.57. The number of fused-ring (bicyclic) bond motifs is 1. The Labute approximate surface area is 222 Å². The number of aryl methyl sites for hydroxylation is 1. The van der Waals surface area contributed by atoms with Crippen LogP contribution in [-0.2, 0) is 22.7 Å². The number of pyridine rings is 1. The Balaban J connectivity index is 1.41. The molecule has 0 saturated carbocycles. The van der Waals surface area contributed by atoms with Gasteiger partial charge in [0.05, 0.1) is 5.39 Å². The van der Waals surface area contributed by atoms with E-state index < -0.39 is 39.5 Å². The molecule has 3 aromatic heterocycles. The predicted octanol–water partition coefficient (Wildman–Crippen LogP) is 5.06. The fraction of sp³-hybridized carbons (Fsp3) is 0.346. The fourth-order valence-corrected chi connectivity index (χ4v) is 5.76. The molecule has 0 unspecified atom stereocenters. The molecule has 0 spiro atoms. The quantitative estimate of drug-likeness (QED) is 0.398. The second-order valence-corrected chi connectivity index (χ2v) is 10.7. The molecule has 1 aliphatic heterocycles. The van der Waals surface area contributed by atoms with Crippen molar-refractivity contribution in [3.8, 4) is 5.82 Å². The maximum absolute atomic E-state index is 14.9. The molecule has 1 aromatic carbocycles. The minimum absolute atomic E-state index is 0.0222. The lowest BCUT2D eigenvalue weighted by atomic mass is 9.77. The van der Waals surface area contributed by atoms with Gasteiger partial charge in [-0.2, -0.15) is 9.35 Å². The summed E-state index contributed by atoms with van der Waals surface area (Å²) in [6.45, 7) is 1.85. The highest BCUT2D eigenvalue weighted by molar-refractivity contribution is 7.92. The summed E-state index contributed by atoms with van der Waals surface area (Å²) < 4.78 is 92.0. The molecule has 6 rings (SSSR count). The van der Waals surface area contributed by atoms with E-state index in [1.807, 2.05) is 0 Å². The third-order valence-corrected chi connectivity index (χ3v) is 7.19. The van der Waals surface area contributed by atoms with Crippen molar-refractivity contribution in [3.63, 3.8) is 0 Å². The fourth-order valence-electron chi connectivity index (χ4n) is 5.38. The zero-order valence-corrected chi connectivity index (χ0v) is 20.6. The average Bonchev–Trinajstić information content (AvgIpc) is 3.24. The Morgan fingerprint density at radius 1 is 1.19 bits per heavy atom. The number of likely N-dealkylation sites (N-methyl/N-ethyl adjacent to an activating group) is 1. The molecule has 0 saturated heterocycles. The maximum atomic E-state index is 14.9. The van der Waals surface area contributed by atoms with Crippen molar-refractivity contribution in [2.24, 2.45) is 4.36 Å². The summed E-state index contributed by atoms with van der Waals surface area (Å²) in [5.41, 5.74) is 4.79. The number of aromatic nitrogens is 4. The molecule has 4 aromatic rings. The summed E-state index contributed by atoms with van der Waals surface area (Å²) in [5.74, 6) is -2.41. The van der Waals surface area contributed by atoms with Crippen LogP contribution in [0.2, 0.25) is 0 Å². The third-order valence-electron chi connectivity index (χ3n) is 6.76. The molecule has 192 valence electrons. The van der Waals surface area contributed by atoms with Gasteiger partial charge in [0.25, 0.3) is 0 Å². The molecule has 2 aliphatic rings. The number of nitrogens with zero attached hydrogens (tertiary/aromatic N) is 6. The summed E-state index contributed by atoms with van der Waals surface area (Å²) in [7, 11) is -2.89. The van der Waals surface area contributed by atoms with E-state index in [2.05, 4.69) is 48.7 Å². The van der Waals surface area contributed by atoms with Gasteiger partial charge < -0.3 is 10.2 Å². The first-order chi connectivity index (χ1) is 20.1. The van der Waals surface area contributed by atoms with Crippen molar-refractivity contribution in [1.29, 1.82) is 0 Å². The molecule has 8 nitrogen and oxygen atoms in total. The Morgan fingerprint density at radius 3 is 2.86 bits per heavy atom. The van der Waals surface area contributed by atoms with Crippen LogP contribution < -0.4 is 5.32 Å². The van der Waals surface area contributed by atoms with Crippen molar-refractivity contribution in [2.45, 2.75) is 31.7 Å². The van der Waals surface area contributed by atoms with Gasteiger partial charge in [0, 0.05) is 61.5 Å². The number of halogens is 2. The maximum Gasteiger partial charge on any atom is 0.229 e. The molecule has 37 heavy (non-hydrogen) atoms. The van der Waals surface area contributed by atoms with E-state index in [0.717, 1.165) is 56.4 Å². The summed E-state index contributed by atoms with van der Waals surface area (Å²) in [4.78, 5) is 15.0. The lowest BCUT2D eigenvalue weighted by Gasteiger charge is -2.37. The molecule has 0 fully saturated rings. The highest BCUT2D eigenvalue weighted by Crippen LogP contribution is 2.40. The van der Waals surface area contributed by atoms with E-state index in [1.165, 1.54) is 27.5 Å². The van der Waals surface area contributed by atoms with E-state index >= 15 is 0 Å². The molecule has 0 radical (unpaired) electrons. The van der Waals surface area contributed by atoms with Gasteiger partial charge in [-0.1, -0.05) is 0 Å². The number of hydrogen-bond donors (Lipinski definition) is 1. The topological polar surface area (TPSA) is 88.3 Å². The summed E-state index contributed by atoms with van der Waals surface area (Å²) >= 11 is 0. The second kappa shape index (κ2) is 8.84. The van der Waals surface area contributed by atoms with Crippen molar-refractivity contribution in [1.82, 2.24) is 24.4 Å². The van der Waals surface area contributed by atoms with Gasteiger partial charge in [0.2, 0.25) is 5.95 Å². The first-order valence-electron chi connectivity index (χ1n) is 14.7. The molecule has 1 atom stereocenters. The van der Waals surface area contributed by atoms with Gasteiger partial charge in [0.1, 0.15) is 5.82 Å². The average molecular weight is 530 g/mol. The second-order valence-electron chi connectivity index (χ2n) is 9.49. The Morgan fingerprint density at radius 2 is 2.03 bits per heavy atom. The molecule has 1 aliphatic carbocycles. The lowest BCUT2D eigenvalue weighted by Crippen LogP contribution is -2.33. The zero-order chi connectivity index (χ0) is 30.9. The molecule has 4 heterocycles. The van der Waals surface area contributed by atoms with E-state index in [4.69, 9.17) is 8.22 Å². The van der Waals surface area contributed by atoms with E-state index in [1.54, 1.807) is 0 Å². The monoisotopic (exact) mass is 529 g/mol. The number of hydrogen-bond acceptors (Lipinski definition) is 7. The molecular weight excluding hydrogens is 496 g/mol. The predicted molar refractivity (Wildman–Crippen MR) is 140 cm³/mol. The smallest absolute Gasteiger partial charge is 0.229 e. The molecular formula is C26H27F2N7OS. The van der Waals surface area contributed by atoms with Crippen LogP contribution in [0.3, 0.4) is 0 Å². The van der Waals surface area contributed by atoms with Crippen LogP contribution in [-0.4, -0.2) is 54.6 Å². The number of anilines is 2. The number of benzene rings is 1. The zero-order valence-electron chi connectivity index (χ0n) is 25.8. The molecule has 1 N–H and O–H groups in total. The van der Waals surface area contributed by atoms with Crippen molar-refractivity contribution < 1.29 is 21.2 Å². The van der Waals surface area contributed by atoms with Crippen LogP contribution in [0.5, 0.6) is 0 Å². The first kappa shape index (κ1) is 17.9. The Bertz CT molecular complexity index is 1860. The summed E-state index contributed by atoms with van der Waals surface area (Å²) in [6.07, 6.45) is -1.57. The van der Waals surface area contributed by atoms with Gasteiger partial charge in [-0.3, -0.25) is 4.57 Å². The lowest BCUT2D eigenvalue weighted by molar-refractivity contribution is 0.266. The Kier molecular flexibility index (Phi) is 4.28. The summed E-state index contributed by atoms with van der Waals surface area (Å²) in [5, 5.41) is 3.23. The van der Waals surface area contributed by atoms with Crippen LogP contribution >= 0.6 is 0 Å². The minimum atomic E-state index is -4.99. The number of rotatable bonds is 4. The van der Waals surface area contributed by atoms with Crippen LogP contribution in [0.25, 0.3) is 16.9 Å². The van der Waals surface area contributed by atoms with E-state index in [9.17, 15) is 13.0 Å². The SMILES string of the molecule is [2H]C([2H])([2H])S(=O)(=Nc1nc(-n2cc(F)c3cnc(Nc4cc5c6c(c4)CN(C)C[C@H]6CCC5)nc32)ccc1F)C([2H])([2H])[2H]. The van der Waals surface area contributed by atoms with Crippen molar-refractivity contribution in [2.75, 3.05) is 31.3 Å². The Hall–Kier alpha value is -3.44. The van der Waals surface area contributed by atoms with Gasteiger partial charge >= 0.3 is 0 Å². The van der Waals surface area contributed by atoms with Crippen molar-refractivity contribution >= 4 is 38.2 Å². The normalized spacial score (nSPS) is 20.7. The van der Waals surface area contributed by atoms with Gasteiger partial charge in [-0.05, 0) is 73.2 Å². The van der Waals surface area contributed by atoms with Gasteiger partial charge in [-0.15, -0.1) is 0 Å². The van der Waals surface area contributed by atoms with Gasteiger partial charge in [-0.25, -0.2) is 23.0 Å². The summed E-state index contributed by atoms with van der Waals surface area (Å²) in [6, 6.07) is 6.15. The van der Waals surface area contributed by atoms with Crippen LogP contribution in [0.1, 0.15) is 43.7 Å². The van der Waals surface area contributed by atoms with Gasteiger partial charge in [0.15, 0.2) is 23.1 Å². The van der Waals surface area contributed by atoms with Crippen LogP contribution in [0.15, 0.2) is 41.0 Å². The standard InChI is InChI=1S/C26H27F2N7OS/c1-34-12-16-6-4-5-15-9-18(10-17(13-34)23(15)16)30-26-29-11-19-21(28)14-35(25(19)32-26)22-8-7-20(27)24(31-22)33-37(2,3)36/h7-11,14,16H,4-6,12-13H2,1-3H3,(H,29,30,32)/t16-/m1/s1/i2D3,3D3. The molecule has 11 heteroatoms. The highest BCUT2D eigenvalue weighted by atomic mass is 32.2. The molecule has 0 amide bonds. The minimum Gasteiger partial charge on any atom is -0.324 e.